The summed E-state index contributed by atoms with van der Waals surface area (Å²) in [6.07, 6.45) is 3.12. The van der Waals surface area contributed by atoms with Gasteiger partial charge in [-0.25, -0.2) is 4.79 Å². The zero-order valence-corrected chi connectivity index (χ0v) is 14.6. The van der Waals surface area contributed by atoms with Crippen LogP contribution >= 0.6 is 0 Å². The van der Waals surface area contributed by atoms with E-state index in [0.717, 1.165) is 12.8 Å². The smallest absolute Gasteiger partial charge is 0.328 e. The van der Waals surface area contributed by atoms with Crippen LogP contribution < -0.4 is 11.2 Å². The molecule has 1 aliphatic heterocycles. The topological polar surface area (TPSA) is 99.0 Å². The second-order valence-electron chi connectivity index (χ2n) is 6.38. The van der Waals surface area contributed by atoms with Gasteiger partial charge in [0.1, 0.15) is 11.6 Å². The molecule has 0 spiro atoms. The van der Waals surface area contributed by atoms with E-state index < -0.39 is 11.2 Å². The number of aryl methyl sites for hydroxylation is 2. The molecule has 7 heteroatoms. The molecule has 0 unspecified atom stereocenters. The van der Waals surface area contributed by atoms with Crippen molar-refractivity contribution in [3.8, 4) is 6.07 Å². The molecule has 1 N–H and O–H groups in total. The Hall–Kier alpha value is -3.14. The Morgan fingerprint density at radius 1 is 1.31 bits per heavy atom. The molecular weight excluding hydrogens is 332 g/mol. The monoisotopic (exact) mass is 352 g/mol. The quantitative estimate of drug-likeness (QED) is 0.885. The van der Waals surface area contributed by atoms with Crippen LogP contribution in [0.25, 0.3) is 0 Å². The van der Waals surface area contributed by atoms with Gasteiger partial charge in [-0.1, -0.05) is 25.1 Å². The van der Waals surface area contributed by atoms with Crippen molar-refractivity contribution in [2.75, 3.05) is 6.54 Å². The van der Waals surface area contributed by atoms with Gasteiger partial charge in [-0.15, -0.1) is 0 Å². The van der Waals surface area contributed by atoms with Gasteiger partial charge in [-0.3, -0.25) is 19.1 Å². The number of hydrogen-bond acceptors (Lipinski definition) is 4. The zero-order chi connectivity index (χ0) is 18.7. The van der Waals surface area contributed by atoms with Gasteiger partial charge in [0.25, 0.3) is 5.56 Å². The minimum Gasteiger partial charge on any atom is -0.338 e. The number of nitriles is 1. The van der Waals surface area contributed by atoms with Crippen LogP contribution in [-0.2, 0) is 30.7 Å². The van der Waals surface area contributed by atoms with E-state index in [1.165, 1.54) is 27.5 Å². The number of amides is 1. The van der Waals surface area contributed by atoms with E-state index >= 15 is 0 Å². The second kappa shape index (κ2) is 7.40. The third-order valence-electron chi connectivity index (χ3n) is 4.74. The van der Waals surface area contributed by atoms with E-state index in [4.69, 9.17) is 5.26 Å². The fraction of sp³-hybridized carbons (Fsp3) is 0.368. The Balaban J connectivity index is 1.69. The van der Waals surface area contributed by atoms with Gasteiger partial charge in [0, 0.05) is 32.3 Å². The molecule has 7 nitrogen and oxygen atoms in total. The molecule has 1 aromatic heterocycles. The molecule has 0 fully saturated rings. The van der Waals surface area contributed by atoms with Crippen molar-refractivity contribution in [3.05, 3.63) is 67.5 Å². The molecule has 1 amide bonds. The lowest BCUT2D eigenvalue weighted by Crippen LogP contribution is -2.37. The van der Waals surface area contributed by atoms with Gasteiger partial charge in [0.05, 0.1) is 0 Å². The van der Waals surface area contributed by atoms with Crippen molar-refractivity contribution in [3.63, 3.8) is 0 Å². The highest BCUT2D eigenvalue weighted by molar-refractivity contribution is 5.76. The van der Waals surface area contributed by atoms with E-state index in [-0.39, 0.29) is 24.4 Å². The average molecular weight is 352 g/mol. The molecule has 2 heterocycles. The second-order valence-corrected chi connectivity index (χ2v) is 6.38. The standard InChI is InChI=1S/C19H20N4O3/c1-2-13-3-4-14-5-7-22(11-15(14)9-13)17(24)6-8-23-12-16(10-20)18(25)21-19(23)26/h3-4,9,12H,2,5-8,11H2,1H3,(H,21,25,26). The van der Waals surface area contributed by atoms with Gasteiger partial charge < -0.3 is 4.90 Å². The maximum absolute atomic E-state index is 12.5. The molecule has 1 aromatic carbocycles. The van der Waals surface area contributed by atoms with Crippen LogP contribution in [0.2, 0.25) is 0 Å². The predicted molar refractivity (Wildman–Crippen MR) is 95.6 cm³/mol. The van der Waals surface area contributed by atoms with Crippen LogP contribution in [0, 0.1) is 11.3 Å². The van der Waals surface area contributed by atoms with Gasteiger partial charge >= 0.3 is 5.69 Å². The van der Waals surface area contributed by atoms with Crippen LogP contribution in [0.4, 0.5) is 0 Å². The lowest BCUT2D eigenvalue weighted by Gasteiger charge is -2.29. The van der Waals surface area contributed by atoms with Gasteiger partial charge in [-0.2, -0.15) is 5.26 Å². The maximum Gasteiger partial charge on any atom is 0.328 e. The van der Waals surface area contributed by atoms with Crippen LogP contribution in [0.15, 0.2) is 34.0 Å². The summed E-state index contributed by atoms with van der Waals surface area (Å²) in [6, 6.07) is 8.16. The fourth-order valence-corrected chi connectivity index (χ4v) is 3.17. The number of nitrogens with one attached hydrogen (secondary N) is 1. The number of H-pyrrole nitrogens is 1. The van der Waals surface area contributed by atoms with Crippen molar-refractivity contribution in [1.29, 1.82) is 5.26 Å². The molecule has 0 saturated heterocycles. The van der Waals surface area contributed by atoms with Gasteiger partial charge in [0.2, 0.25) is 5.91 Å². The Morgan fingerprint density at radius 2 is 2.12 bits per heavy atom. The lowest BCUT2D eigenvalue weighted by atomic mass is 9.96. The first kappa shape index (κ1) is 17.7. The highest BCUT2D eigenvalue weighted by atomic mass is 16.2. The van der Waals surface area contributed by atoms with Gasteiger partial charge in [-0.05, 0) is 29.5 Å². The highest BCUT2D eigenvalue weighted by Crippen LogP contribution is 2.21. The summed E-state index contributed by atoms with van der Waals surface area (Å²) < 4.78 is 1.20. The Morgan fingerprint density at radius 3 is 2.85 bits per heavy atom. The molecule has 26 heavy (non-hydrogen) atoms. The Labute approximate surface area is 150 Å². The minimum absolute atomic E-state index is 0.0471. The van der Waals surface area contributed by atoms with Crippen LogP contribution in [0.5, 0.6) is 0 Å². The molecule has 3 rings (SSSR count). The van der Waals surface area contributed by atoms with E-state index in [9.17, 15) is 14.4 Å². The molecule has 0 saturated carbocycles. The van der Waals surface area contributed by atoms with Crippen molar-refractivity contribution in [1.82, 2.24) is 14.5 Å². The third-order valence-corrected chi connectivity index (χ3v) is 4.74. The van der Waals surface area contributed by atoms with Crippen molar-refractivity contribution >= 4 is 5.91 Å². The number of carbonyl (C=O) groups excluding carboxylic acids is 1. The van der Waals surface area contributed by atoms with Gasteiger partial charge in [0.15, 0.2) is 0 Å². The largest absolute Gasteiger partial charge is 0.338 e. The van der Waals surface area contributed by atoms with Crippen molar-refractivity contribution in [2.45, 2.75) is 39.3 Å². The molecule has 0 radical (unpaired) electrons. The average Bonchev–Trinajstić information content (AvgIpc) is 2.66. The van der Waals surface area contributed by atoms with E-state index in [2.05, 4.69) is 30.1 Å². The summed E-state index contributed by atoms with van der Waals surface area (Å²) in [5.41, 5.74) is 2.24. The van der Waals surface area contributed by atoms with E-state index in [1.54, 1.807) is 11.0 Å². The highest BCUT2D eigenvalue weighted by Gasteiger charge is 2.20. The van der Waals surface area contributed by atoms with Crippen LogP contribution in [-0.4, -0.2) is 26.9 Å². The predicted octanol–water partition coefficient (Wildman–Crippen LogP) is 0.946. The molecule has 1 aliphatic rings. The summed E-state index contributed by atoms with van der Waals surface area (Å²) in [5.74, 6) is -0.0471. The molecular formula is C19H20N4O3. The number of carbonyl (C=O) groups is 1. The maximum atomic E-state index is 12.5. The number of hydrogen-bond donors (Lipinski definition) is 1. The normalized spacial score (nSPS) is 13.2. The summed E-state index contributed by atoms with van der Waals surface area (Å²) in [5, 5.41) is 8.89. The molecule has 0 aliphatic carbocycles. The SMILES string of the molecule is CCc1ccc2c(c1)CN(C(=O)CCn1cc(C#N)c(=O)[nH]c1=O)CC2. The summed E-state index contributed by atoms with van der Waals surface area (Å²) in [4.78, 5) is 39.6. The summed E-state index contributed by atoms with van der Waals surface area (Å²) >= 11 is 0. The molecule has 134 valence electrons. The Bertz CT molecular complexity index is 997. The fourth-order valence-electron chi connectivity index (χ4n) is 3.17. The Kier molecular flexibility index (Phi) is 5.03. The zero-order valence-electron chi connectivity index (χ0n) is 14.6. The van der Waals surface area contributed by atoms with Crippen molar-refractivity contribution < 1.29 is 4.79 Å². The number of benzene rings is 1. The third kappa shape index (κ3) is 3.59. The number of nitrogens with zero attached hydrogens (tertiary/aromatic N) is 3. The first-order valence-corrected chi connectivity index (χ1v) is 8.64. The van der Waals surface area contributed by atoms with E-state index in [0.29, 0.717) is 13.1 Å². The van der Waals surface area contributed by atoms with E-state index in [1.807, 2.05) is 0 Å². The number of fused-ring (bicyclic) bond motifs is 1. The first-order chi connectivity index (χ1) is 12.5. The lowest BCUT2D eigenvalue weighted by molar-refractivity contribution is -0.132. The number of aromatic amines is 1. The molecule has 2 aromatic rings. The molecule has 0 atom stereocenters. The summed E-state index contributed by atoms with van der Waals surface area (Å²) in [7, 11) is 0. The van der Waals surface area contributed by atoms with Crippen molar-refractivity contribution in [2.24, 2.45) is 0 Å². The summed E-state index contributed by atoms with van der Waals surface area (Å²) in [6.45, 7) is 3.46. The van der Waals surface area contributed by atoms with Crippen LogP contribution in [0.1, 0.15) is 35.6 Å². The molecule has 0 bridgehead atoms. The van der Waals surface area contributed by atoms with Crippen LogP contribution in [0.3, 0.4) is 0 Å². The first-order valence-electron chi connectivity index (χ1n) is 8.64. The number of rotatable bonds is 4. The number of aromatic nitrogens is 2. The minimum atomic E-state index is -0.709.